The van der Waals surface area contributed by atoms with Gasteiger partial charge in [-0.25, -0.2) is 4.79 Å². The average molecular weight is 290 g/mol. The van der Waals surface area contributed by atoms with Crippen molar-refractivity contribution in [2.75, 3.05) is 0 Å². The molecule has 0 amide bonds. The number of carboxylic acid groups (broad SMARTS) is 1. The SMILES string of the molecule is CC(C)(CC(=O)C(F)(F)CC(F)(F)F)C(=O)C(=O)O. The molecule has 0 aromatic heterocycles. The van der Waals surface area contributed by atoms with Gasteiger partial charge in [0.15, 0.2) is 0 Å². The molecule has 0 heterocycles. The number of carbonyl (C=O) groups is 3. The van der Waals surface area contributed by atoms with Gasteiger partial charge in [0.2, 0.25) is 11.6 Å². The molecule has 110 valence electrons. The van der Waals surface area contributed by atoms with Crippen molar-refractivity contribution in [2.45, 2.75) is 38.8 Å². The Morgan fingerprint density at radius 2 is 1.42 bits per heavy atom. The van der Waals surface area contributed by atoms with E-state index in [1.165, 1.54) is 0 Å². The molecule has 0 saturated heterocycles. The third-order valence-corrected chi connectivity index (χ3v) is 2.24. The Morgan fingerprint density at radius 3 is 1.74 bits per heavy atom. The molecule has 0 aromatic rings. The Bertz CT molecular complexity index is 397. The van der Waals surface area contributed by atoms with Gasteiger partial charge in [0.05, 0.1) is 0 Å². The number of ketones is 2. The Balaban J connectivity index is 4.96. The van der Waals surface area contributed by atoms with Crippen LogP contribution in [0.2, 0.25) is 0 Å². The molecule has 0 radical (unpaired) electrons. The molecule has 0 rings (SSSR count). The summed E-state index contributed by atoms with van der Waals surface area (Å²) in [6.45, 7) is 1.79. The summed E-state index contributed by atoms with van der Waals surface area (Å²) in [6.07, 6.45) is -9.18. The van der Waals surface area contributed by atoms with Crippen molar-refractivity contribution in [3.05, 3.63) is 0 Å². The summed E-state index contributed by atoms with van der Waals surface area (Å²) in [6, 6.07) is 0. The van der Waals surface area contributed by atoms with Gasteiger partial charge in [0.1, 0.15) is 6.42 Å². The highest BCUT2D eigenvalue weighted by atomic mass is 19.4. The highest BCUT2D eigenvalue weighted by molar-refractivity contribution is 6.35. The predicted octanol–water partition coefficient (Wildman–Crippen LogP) is 2.21. The molecule has 0 aromatic carbocycles. The minimum Gasteiger partial charge on any atom is -0.475 e. The van der Waals surface area contributed by atoms with E-state index < -0.39 is 47.9 Å². The number of rotatable bonds is 6. The van der Waals surface area contributed by atoms with Gasteiger partial charge in [-0.1, -0.05) is 13.8 Å². The number of carbonyl (C=O) groups excluding carboxylic acids is 2. The molecule has 0 unspecified atom stereocenters. The number of Topliss-reactive ketones (excluding diaryl/α,β-unsaturated/α-hetero) is 2. The van der Waals surface area contributed by atoms with E-state index in [1.807, 2.05) is 0 Å². The van der Waals surface area contributed by atoms with Crippen LogP contribution in [0, 0.1) is 5.41 Å². The van der Waals surface area contributed by atoms with Crippen LogP contribution >= 0.6 is 0 Å². The van der Waals surface area contributed by atoms with E-state index in [2.05, 4.69) is 0 Å². The van der Waals surface area contributed by atoms with E-state index in [1.54, 1.807) is 0 Å². The molecule has 0 aliphatic rings. The summed E-state index contributed by atoms with van der Waals surface area (Å²) < 4.78 is 61.5. The van der Waals surface area contributed by atoms with Gasteiger partial charge in [-0.05, 0) is 0 Å². The fraction of sp³-hybridized carbons (Fsp3) is 0.700. The van der Waals surface area contributed by atoms with Crippen molar-refractivity contribution in [3.8, 4) is 0 Å². The topological polar surface area (TPSA) is 71.4 Å². The first kappa shape index (κ1) is 17.5. The minimum absolute atomic E-state index is 0.894. The van der Waals surface area contributed by atoms with Crippen molar-refractivity contribution in [3.63, 3.8) is 0 Å². The number of alkyl halides is 5. The van der Waals surface area contributed by atoms with Crippen molar-refractivity contribution in [2.24, 2.45) is 5.41 Å². The maximum atomic E-state index is 13.0. The molecular formula is C10H11F5O4. The van der Waals surface area contributed by atoms with Gasteiger partial charge in [-0.2, -0.15) is 22.0 Å². The molecule has 0 saturated carbocycles. The van der Waals surface area contributed by atoms with Crippen LogP contribution in [0.25, 0.3) is 0 Å². The van der Waals surface area contributed by atoms with E-state index in [0.29, 0.717) is 0 Å². The molecule has 0 fully saturated rings. The fourth-order valence-corrected chi connectivity index (χ4v) is 1.25. The van der Waals surface area contributed by atoms with E-state index in [-0.39, 0.29) is 0 Å². The van der Waals surface area contributed by atoms with E-state index in [9.17, 15) is 36.3 Å². The van der Waals surface area contributed by atoms with Gasteiger partial charge in [-0.15, -0.1) is 0 Å². The lowest BCUT2D eigenvalue weighted by Crippen LogP contribution is -2.40. The number of halogens is 5. The number of carboxylic acids is 1. The molecule has 4 nitrogen and oxygen atoms in total. The first-order chi connectivity index (χ1) is 8.19. The van der Waals surface area contributed by atoms with Crippen LogP contribution in [0.5, 0.6) is 0 Å². The zero-order valence-corrected chi connectivity index (χ0v) is 9.98. The number of hydrogen-bond acceptors (Lipinski definition) is 3. The summed E-state index contributed by atoms with van der Waals surface area (Å²) in [7, 11) is 0. The second kappa shape index (κ2) is 5.22. The Hall–Kier alpha value is -1.54. The van der Waals surface area contributed by atoms with Crippen LogP contribution in [0.1, 0.15) is 26.7 Å². The summed E-state index contributed by atoms with van der Waals surface area (Å²) in [5, 5.41) is 8.39. The largest absolute Gasteiger partial charge is 0.475 e. The van der Waals surface area contributed by atoms with E-state index in [4.69, 9.17) is 5.11 Å². The summed E-state index contributed by atoms with van der Waals surface area (Å²) in [5.74, 6) is -10.3. The lowest BCUT2D eigenvalue weighted by Gasteiger charge is -2.23. The summed E-state index contributed by atoms with van der Waals surface area (Å²) in [4.78, 5) is 32.6. The second-order valence-electron chi connectivity index (χ2n) is 4.61. The standard InChI is InChI=1S/C10H11F5O4/c1-8(2,6(17)7(18)19)3-5(16)9(11,12)4-10(13,14)15/h3-4H2,1-2H3,(H,18,19). The Labute approximate surface area is 104 Å². The monoisotopic (exact) mass is 290 g/mol. The molecule has 1 N–H and O–H groups in total. The zero-order chi connectivity index (χ0) is 15.6. The van der Waals surface area contributed by atoms with Crippen LogP contribution in [0.15, 0.2) is 0 Å². The van der Waals surface area contributed by atoms with Crippen LogP contribution in [0.3, 0.4) is 0 Å². The Morgan fingerprint density at radius 1 is 1.00 bits per heavy atom. The van der Waals surface area contributed by atoms with Crippen LogP contribution in [0.4, 0.5) is 22.0 Å². The summed E-state index contributed by atoms with van der Waals surface area (Å²) >= 11 is 0. The van der Waals surface area contributed by atoms with Gasteiger partial charge in [-0.3, -0.25) is 9.59 Å². The first-order valence-electron chi connectivity index (χ1n) is 4.95. The van der Waals surface area contributed by atoms with Crippen LogP contribution in [-0.4, -0.2) is 34.7 Å². The van der Waals surface area contributed by atoms with Crippen molar-refractivity contribution in [1.82, 2.24) is 0 Å². The molecular weight excluding hydrogens is 279 g/mol. The third-order valence-electron chi connectivity index (χ3n) is 2.24. The molecule has 9 heteroatoms. The third kappa shape index (κ3) is 5.31. The Kier molecular flexibility index (Phi) is 4.79. The number of aliphatic carboxylic acids is 1. The zero-order valence-electron chi connectivity index (χ0n) is 9.98. The second-order valence-corrected chi connectivity index (χ2v) is 4.61. The molecule has 0 bridgehead atoms. The molecule has 0 spiro atoms. The maximum Gasteiger partial charge on any atom is 0.395 e. The lowest BCUT2D eigenvalue weighted by atomic mass is 9.81. The summed E-state index contributed by atoms with van der Waals surface area (Å²) in [5.41, 5.74) is -2.00. The van der Waals surface area contributed by atoms with Gasteiger partial charge < -0.3 is 5.11 Å². The van der Waals surface area contributed by atoms with Gasteiger partial charge in [0, 0.05) is 11.8 Å². The molecule has 0 aliphatic carbocycles. The highest BCUT2D eigenvalue weighted by Gasteiger charge is 2.51. The normalized spacial score (nSPS) is 13.2. The van der Waals surface area contributed by atoms with Crippen LogP contribution < -0.4 is 0 Å². The first-order valence-corrected chi connectivity index (χ1v) is 4.95. The smallest absolute Gasteiger partial charge is 0.395 e. The molecule has 0 atom stereocenters. The quantitative estimate of drug-likeness (QED) is 0.601. The maximum absolute atomic E-state index is 13.0. The van der Waals surface area contributed by atoms with E-state index >= 15 is 0 Å². The molecule has 0 aliphatic heterocycles. The van der Waals surface area contributed by atoms with E-state index in [0.717, 1.165) is 13.8 Å². The lowest BCUT2D eigenvalue weighted by molar-refractivity contribution is -0.193. The fourth-order valence-electron chi connectivity index (χ4n) is 1.25. The molecule has 19 heavy (non-hydrogen) atoms. The predicted molar refractivity (Wildman–Crippen MR) is 51.7 cm³/mol. The highest BCUT2D eigenvalue weighted by Crippen LogP contribution is 2.35. The van der Waals surface area contributed by atoms with Crippen molar-refractivity contribution >= 4 is 17.5 Å². The van der Waals surface area contributed by atoms with Crippen LogP contribution in [-0.2, 0) is 14.4 Å². The van der Waals surface area contributed by atoms with Gasteiger partial charge in [0.25, 0.3) is 0 Å². The van der Waals surface area contributed by atoms with Crippen molar-refractivity contribution < 1.29 is 41.4 Å². The van der Waals surface area contributed by atoms with Crippen molar-refractivity contribution in [1.29, 1.82) is 0 Å². The van der Waals surface area contributed by atoms with Gasteiger partial charge >= 0.3 is 18.1 Å². The minimum atomic E-state index is -5.25. The number of hydrogen-bond donors (Lipinski definition) is 1. The average Bonchev–Trinajstić information content (AvgIpc) is 2.11.